The van der Waals surface area contributed by atoms with Gasteiger partial charge in [-0.2, -0.15) is 0 Å². The smallest absolute Gasteiger partial charge is 0.352 e. The number of ketones is 1. The van der Waals surface area contributed by atoms with Gasteiger partial charge >= 0.3 is 13.6 Å². The fourth-order valence-corrected chi connectivity index (χ4v) is 5.45. The number of amides is 1. The Kier molecular flexibility index (Phi) is 12.2. The van der Waals surface area contributed by atoms with Crippen LogP contribution >= 0.6 is 7.60 Å². The minimum Gasteiger partial charge on any atom is -0.493 e. The molecule has 0 radical (unpaired) electrons. The first-order valence-corrected chi connectivity index (χ1v) is 13.8. The molecule has 2 aromatic rings. The van der Waals surface area contributed by atoms with Gasteiger partial charge in [0.2, 0.25) is 17.2 Å². The van der Waals surface area contributed by atoms with Crippen LogP contribution in [0.15, 0.2) is 48.2 Å². The van der Waals surface area contributed by atoms with Crippen LogP contribution in [-0.2, 0) is 27.9 Å². The topological polar surface area (TPSA) is 136 Å². The summed E-state index contributed by atoms with van der Waals surface area (Å²) >= 11 is 0. The van der Waals surface area contributed by atoms with Crippen LogP contribution in [0.2, 0.25) is 0 Å². The summed E-state index contributed by atoms with van der Waals surface area (Å²) in [4.78, 5) is 40.1. The van der Waals surface area contributed by atoms with Gasteiger partial charge in [0.15, 0.2) is 11.5 Å². The highest BCUT2D eigenvalue weighted by molar-refractivity contribution is 7.57. The van der Waals surface area contributed by atoms with Crippen molar-refractivity contribution in [3.63, 3.8) is 0 Å². The minimum atomic E-state index is -4.37. The number of methoxy groups -OCH3 is 3. The van der Waals surface area contributed by atoms with Gasteiger partial charge in [0.25, 0.3) is 5.91 Å². The van der Waals surface area contributed by atoms with Gasteiger partial charge < -0.3 is 33.3 Å². The molecule has 212 valence electrons. The van der Waals surface area contributed by atoms with E-state index in [1.807, 2.05) is 0 Å². The van der Waals surface area contributed by atoms with Gasteiger partial charge in [0, 0.05) is 5.56 Å². The number of hydrogen-bond acceptors (Lipinski definition) is 10. The van der Waals surface area contributed by atoms with E-state index in [0.29, 0.717) is 11.3 Å². The molecular formula is C27H34NO10P. The van der Waals surface area contributed by atoms with Crippen molar-refractivity contribution in [1.82, 2.24) is 5.32 Å². The van der Waals surface area contributed by atoms with Crippen LogP contribution in [-0.4, -0.2) is 64.5 Å². The molecule has 0 saturated heterocycles. The first kappa shape index (κ1) is 31.6. The van der Waals surface area contributed by atoms with Crippen molar-refractivity contribution >= 4 is 31.3 Å². The molecule has 1 amide bonds. The van der Waals surface area contributed by atoms with E-state index in [4.69, 9.17) is 28.0 Å². The quantitative estimate of drug-likeness (QED) is 0.145. The summed E-state index contributed by atoms with van der Waals surface area (Å²) in [6.45, 7) is 4.31. The molecule has 0 aromatic heterocycles. The summed E-state index contributed by atoms with van der Waals surface area (Å²) in [6.07, 6.45) is 1.29. The summed E-state index contributed by atoms with van der Waals surface area (Å²) in [5, 5.41) is 2.54. The van der Waals surface area contributed by atoms with Crippen molar-refractivity contribution in [2.75, 3.05) is 41.2 Å². The SMILES string of the molecule is CCOC(=O)C(C(=O)/C(=C\c1cc(OC)c(OC)c(OC)c1)NC(=O)c1ccccc1)P(=O)(OCC)OCC. The molecule has 0 aliphatic rings. The molecule has 0 aliphatic carbocycles. The predicted octanol–water partition coefficient (Wildman–Crippen LogP) is 4.25. The first-order chi connectivity index (χ1) is 18.7. The number of carbonyl (C=O) groups excluding carboxylic acids is 3. The molecule has 0 heterocycles. The number of ether oxygens (including phenoxy) is 4. The second-order valence-corrected chi connectivity index (χ2v) is 9.84. The maximum Gasteiger partial charge on any atom is 0.352 e. The van der Waals surface area contributed by atoms with Crippen LogP contribution in [0.5, 0.6) is 17.2 Å². The van der Waals surface area contributed by atoms with E-state index < -0.39 is 30.9 Å². The Balaban J connectivity index is 2.75. The molecule has 0 bridgehead atoms. The fourth-order valence-electron chi connectivity index (χ4n) is 3.60. The van der Waals surface area contributed by atoms with Crippen LogP contribution in [0.1, 0.15) is 36.7 Å². The van der Waals surface area contributed by atoms with Crippen molar-refractivity contribution in [2.24, 2.45) is 0 Å². The summed E-state index contributed by atoms with van der Waals surface area (Å²) < 4.78 is 45.5. The van der Waals surface area contributed by atoms with Gasteiger partial charge in [-0.3, -0.25) is 18.9 Å². The van der Waals surface area contributed by atoms with Gasteiger partial charge in [-0.05, 0) is 56.7 Å². The average Bonchev–Trinajstić information content (AvgIpc) is 2.92. The minimum absolute atomic E-state index is 0.0941. The zero-order valence-electron chi connectivity index (χ0n) is 22.8. The Morgan fingerprint density at radius 2 is 1.44 bits per heavy atom. The van der Waals surface area contributed by atoms with E-state index in [9.17, 15) is 18.9 Å². The standard InChI is InChI=1S/C27H34NO10P/c1-7-36-27(31)25(39(32,37-8-2)38-9-3)23(29)20(28-26(30)19-13-11-10-12-14-19)15-18-16-21(33-4)24(35-6)22(17-18)34-5/h10-17,25H,7-9H2,1-6H3,(H,28,30)/b20-15+. The molecule has 0 spiro atoms. The summed E-state index contributed by atoms with van der Waals surface area (Å²) in [5.41, 5.74) is -1.78. The number of rotatable bonds is 15. The maximum atomic E-state index is 14.0. The van der Waals surface area contributed by atoms with Crippen LogP contribution in [0, 0.1) is 0 Å². The fraction of sp³-hybridized carbons (Fsp3) is 0.370. The number of hydrogen-bond donors (Lipinski definition) is 1. The molecule has 0 aliphatic heterocycles. The molecule has 1 atom stereocenters. The second kappa shape index (κ2) is 15.1. The van der Waals surface area contributed by atoms with Gasteiger partial charge in [-0.1, -0.05) is 18.2 Å². The maximum absolute atomic E-state index is 14.0. The number of Topliss-reactive ketones (excluding diaryl/α,β-unsaturated/α-hetero) is 1. The summed E-state index contributed by atoms with van der Waals surface area (Å²) in [5.74, 6) is -1.93. The zero-order chi connectivity index (χ0) is 29.0. The number of nitrogens with one attached hydrogen (secondary N) is 1. The highest BCUT2D eigenvalue weighted by Crippen LogP contribution is 2.54. The van der Waals surface area contributed by atoms with Gasteiger partial charge in [-0.25, -0.2) is 0 Å². The van der Waals surface area contributed by atoms with Crippen molar-refractivity contribution < 1.29 is 46.9 Å². The van der Waals surface area contributed by atoms with Crippen LogP contribution < -0.4 is 19.5 Å². The Labute approximate surface area is 227 Å². The van der Waals surface area contributed by atoms with E-state index in [1.165, 1.54) is 46.5 Å². The molecule has 39 heavy (non-hydrogen) atoms. The third kappa shape index (κ3) is 7.92. The number of carbonyl (C=O) groups is 3. The number of esters is 1. The van der Waals surface area contributed by atoms with Crippen molar-refractivity contribution in [3.8, 4) is 17.2 Å². The molecule has 1 N–H and O–H groups in total. The Morgan fingerprint density at radius 1 is 0.872 bits per heavy atom. The van der Waals surface area contributed by atoms with E-state index in [2.05, 4.69) is 5.32 Å². The lowest BCUT2D eigenvalue weighted by Gasteiger charge is -2.25. The third-order valence-corrected chi connectivity index (χ3v) is 7.55. The molecule has 0 saturated carbocycles. The monoisotopic (exact) mass is 563 g/mol. The molecule has 1 unspecified atom stereocenters. The summed E-state index contributed by atoms with van der Waals surface area (Å²) in [7, 11) is -0.0923. The summed E-state index contributed by atoms with van der Waals surface area (Å²) in [6, 6.07) is 11.2. The van der Waals surface area contributed by atoms with E-state index in [1.54, 1.807) is 44.2 Å². The average molecular weight is 564 g/mol. The van der Waals surface area contributed by atoms with E-state index >= 15 is 0 Å². The van der Waals surface area contributed by atoms with Crippen LogP contribution in [0.25, 0.3) is 6.08 Å². The zero-order valence-corrected chi connectivity index (χ0v) is 23.7. The van der Waals surface area contributed by atoms with Gasteiger partial charge in [0.1, 0.15) is 0 Å². The molecule has 0 fully saturated rings. The Hall–Kier alpha value is -3.66. The molecular weight excluding hydrogens is 529 g/mol. The lowest BCUT2D eigenvalue weighted by atomic mass is 10.1. The first-order valence-electron chi connectivity index (χ1n) is 12.2. The number of benzene rings is 2. The molecule has 2 rings (SSSR count). The van der Waals surface area contributed by atoms with Crippen molar-refractivity contribution in [1.29, 1.82) is 0 Å². The molecule has 2 aromatic carbocycles. The Morgan fingerprint density at radius 3 is 1.90 bits per heavy atom. The van der Waals surface area contributed by atoms with Gasteiger partial charge in [0.05, 0.1) is 46.8 Å². The second-order valence-electron chi connectivity index (χ2n) is 7.73. The van der Waals surface area contributed by atoms with Crippen LogP contribution in [0.3, 0.4) is 0 Å². The lowest BCUT2D eigenvalue weighted by molar-refractivity contribution is -0.145. The lowest BCUT2D eigenvalue weighted by Crippen LogP contribution is -2.39. The van der Waals surface area contributed by atoms with Crippen LogP contribution in [0.4, 0.5) is 0 Å². The van der Waals surface area contributed by atoms with E-state index in [0.717, 1.165) is 0 Å². The number of allylic oxidation sites excluding steroid dienone is 1. The normalized spacial score (nSPS) is 12.3. The third-order valence-electron chi connectivity index (χ3n) is 5.24. The predicted molar refractivity (Wildman–Crippen MR) is 144 cm³/mol. The highest BCUT2D eigenvalue weighted by atomic mass is 31.2. The largest absolute Gasteiger partial charge is 0.493 e. The highest BCUT2D eigenvalue weighted by Gasteiger charge is 2.49. The molecule has 11 nitrogen and oxygen atoms in total. The van der Waals surface area contributed by atoms with Crippen molar-refractivity contribution in [3.05, 3.63) is 59.3 Å². The molecule has 12 heteroatoms. The van der Waals surface area contributed by atoms with Crippen molar-refractivity contribution in [2.45, 2.75) is 26.4 Å². The van der Waals surface area contributed by atoms with Gasteiger partial charge in [-0.15, -0.1) is 0 Å². The Bertz CT molecular complexity index is 1190. The van der Waals surface area contributed by atoms with E-state index in [-0.39, 0.29) is 42.6 Å².